The van der Waals surface area contributed by atoms with Crippen molar-refractivity contribution in [2.24, 2.45) is 0 Å². The van der Waals surface area contributed by atoms with Crippen molar-refractivity contribution in [3.63, 3.8) is 0 Å². The number of methoxy groups -OCH3 is 1. The minimum Gasteiger partial charge on any atom is -0.464 e. The summed E-state index contributed by atoms with van der Waals surface area (Å²) in [7, 11) is -2.00. The smallest absolute Gasteiger partial charge is 0.360 e. The number of nitrogens with two attached hydrogens (primary N) is 1. The van der Waals surface area contributed by atoms with E-state index in [0.717, 1.165) is 0 Å². The summed E-state index contributed by atoms with van der Waals surface area (Å²) in [6, 6.07) is 6.17. The molecule has 2 N–H and O–H groups in total. The van der Waals surface area contributed by atoms with E-state index in [1.165, 1.54) is 30.1 Å². The Labute approximate surface area is 122 Å². The van der Waals surface area contributed by atoms with Crippen LogP contribution < -0.4 is 5.73 Å². The van der Waals surface area contributed by atoms with Crippen molar-refractivity contribution in [3.05, 3.63) is 36.2 Å². The molecule has 0 saturated heterocycles. The van der Waals surface area contributed by atoms with Gasteiger partial charge in [-0.15, -0.1) is 0 Å². The Morgan fingerprint density at radius 1 is 1.33 bits per heavy atom. The van der Waals surface area contributed by atoms with Crippen molar-refractivity contribution in [2.45, 2.75) is 11.8 Å². The maximum absolute atomic E-state index is 11.7. The third-order valence-electron chi connectivity index (χ3n) is 2.96. The Morgan fingerprint density at radius 2 is 1.95 bits per heavy atom. The minimum absolute atomic E-state index is 0.0164. The van der Waals surface area contributed by atoms with E-state index >= 15 is 0 Å². The van der Waals surface area contributed by atoms with Crippen molar-refractivity contribution in [1.82, 2.24) is 9.78 Å². The molecule has 0 aliphatic heterocycles. The average molecular weight is 309 g/mol. The molecule has 112 valence electrons. The van der Waals surface area contributed by atoms with E-state index in [4.69, 9.17) is 5.73 Å². The van der Waals surface area contributed by atoms with Gasteiger partial charge in [-0.2, -0.15) is 5.10 Å². The molecular formula is C13H15N3O4S. The first-order valence-corrected chi connectivity index (χ1v) is 7.81. The van der Waals surface area contributed by atoms with Crippen LogP contribution in [0.4, 0.5) is 5.69 Å². The molecule has 0 radical (unpaired) electrons. The topological polar surface area (TPSA) is 104 Å². The van der Waals surface area contributed by atoms with Gasteiger partial charge in [0.1, 0.15) is 0 Å². The van der Waals surface area contributed by atoms with E-state index in [1.807, 2.05) is 0 Å². The van der Waals surface area contributed by atoms with Crippen molar-refractivity contribution < 1.29 is 17.9 Å². The Morgan fingerprint density at radius 3 is 2.48 bits per heavy atom. The molecule has 7 nitrogen and oxygen atoms in total. The molecule has 2 rings (SSSR count). The fraction of sp³-hybridized carbons (Fsp3) is 0.231. The van der Waals surface area contributed by atoms with Gasteiger partial charge in [-0.05, 0) is 24.3 Å². The summed E-state index contributed by atoms with van der Waals surface area (Å²) >= 11 is 0. The number of anilines is 1. The summed E-state index contributed by atoms with van der Waals surface area (Å²) in [4.78, 5) is 11.7. The highest BCUT2D eigenvalue weighted by molar-refractivity contribution is 7.91. The minimum atomic E-state index is -3.25. The Hall–Kier alpha value is -2.35. The number of benzene rings is 1. The van der Waals surface area contributed by atoms with E-state index < -0.39 is 15.8 Å². The lowest BCUT2D eigenvalue weighted by molar-refractivity contribution is 0.0594. The zero-order chi connectivity index (χ0) is 15.6. The predicted octanol–water partition coefficient (Wildman–Crippen LogP) is 1.03. The second-order valence-electron chi connectivity index (χ2n) is 4.27. The van der Waals surface area contributed by atoms with Crippen molar-refractivity contribution in [1.29, 1.82) is 0 Å². The fourth-order valence-corrected chi connectivity index (χ4v) is 2.63. The molecule has 1 aromatic carbocycles. The number of carbonyl (C=O) groups excluding carboxylic acids is 1. The van der Waals surface area contributed by atoms with Gasteiger partial charge in [0.2, 0.25) is 0 Å². The SMILES string of the molecule is CCS(=O)(=O)c1ccc(-n2cc(N)c(C(=O)OC)n2)cc1. The largest absolute Gasteiger partial charge is 0.464 e. The quantitative estimate of drug-likeness (QED) is 0.846. The van der Waals surface area contributed by atoms with Crippen molar-refractivity contribution >= 4 is 21.5 Å². The number of esters is 1. The number of sulfone groups is 1. The summed E-state index contributed by atoms with van der Waals surface area (Å²) in [5.41, 5.74) is 6.49. The zero-order valence-corrected chi connectivity index (χ0v) is 12.4. The van der Waals surface area contributed by atoms with Crippen molar-refractivity contribution in [3.8, 4) is 5.69 Å². The number of ether oxygens (including phenoxy) is 1. The van der Waals surface area contributed by atoms with Gasteiger partial charge >= 0.3 is 5.97 Å². The van der Waals surface area contributed by atoms with Crippen LogP contribution in [0.3, 0.4) is 0 Å². The molecule has 0 aliphatic carbocycles. The van der Waals surface area contributed by atoms with Gasteiger partial charge in [0.15, 0.2) is 15.5 Å². The van der Waals surface area contributed by atoms with Crippen LogP contribution in [0.1, 0.15) is 17.4 Å². The fourth-order valence-electron chi connectivity index (χ4n) is 1.75. The maximum Gasteiger partial charge on any atom is 0.360 e. The monoisotopic (exact) mass is 309 g/mol. The van der Waals surface area contributed by atoms with Gasteiger partial charge in [-0.1, -0.05) is 6.92 Å². The van der Waals surface area contributed by atoms with E-state index in [-0.39, 0.29) is 22.0 Å². The lowest BCUT2D eigenvalue weighted by atomic mass is 10.3. The lowest BCUT2D eigenvalue weighted by Crippen LogP contribution is -2.06. The highest BCUT2D eigenvalue weighted by Gasteiger charge is 2.16. The van der Waals surface area contributed by atoms with Crippen LogP contribution in [0, 0.1) is 0 Å². The average Bonchev–Trinajstić information content (AvgIpc) is 2.88. The number of aromatic nitrogens is 2. The Bertz CT molecular complexity index is 763. The lowest BCUT2D eigenvalue weighted by Gasteiger charge is -2.04. The van der Waals surface area contributed by atoms with E-state index in [2.05, 4.69) is 9.84 Å². The molecule has 0 unspecified atom stereocenters. The summed E-state index contributed by atoms with van der Waals surface area (Å²) in [5.74, 6) is -0.593. The number of rotatable bonds is 4. The van der Waals surface area contributed by atoms with E-state index in [9.17, 15) is 13.2 Å². The van der Waals surface area contributed by atoms with Crippen molar-refractivity contribution in [2.75, 3.05) is 18.6 Å². The summed E-state index contributed by atoms with van der Waals surface area (Å²) in [6.45, 7) is 1.58. The van der Waals surface area contributed by atoms with Crippen LogP contribution in [-0.4, -0.2) is 37.0 Å². The first-order valence-electron chi connectivity index (χ1n) is 6.15. The molecule has 0 bridgehead atoms. The molecule has 2 aromatic rings. The number of carbonyl (C=O) groups is 1. The Kier molecular flexibility index (Phi) is 3.99. The highest BCUT2D eigenvalue weighted by Crippen LogP contribution is 2.18. The molecule has 0 spiro atoms. The molecule has 21 heavy (non-hydrogen) atoms. The molecule has 0 atom stereocenters. The Balaban J connectivity index is 2.38. The molecular weight excluding hydrogens is 294 g/mol. The van der Waals surface area contributed by atoms with E-state index in [0.29, 0.717) is 5.69 Å². The van der Waals surface area contributed by atoms with Crippen LogP contribution in [0.25, 0.3) is 5.69 Å². The van der Waals surface area contributed by atoms with Crippen LogP contribution in [0.15, 0.2) is 35.4 Å². The first kappa shape index (κ1) is 15.0. The second kappa shape index (κ2) is 5.57. The summed E-state index contributed by atoms with van der Waals surface area (Å²) in [5, 5.41) is 4.03. The maximum atomic E-state index is 11.7. The van der Waals surface area contributed by atoms with Crippen LogP contribution in [0.5, 0.6) is 0 Å². The van der Waals surface area contributed by atoms with Gasteiger partial charge in [0.05, 0.1) is 35.3 Å². The van der Waals surface area contributed by atoms with E-state index in [1.54, 1.807) is 19.1 Å². The van der Waals surface area contributed by atoms with Gasteiger partial charge in [-0.3, -0.25) is 0 Å². The number of nitrogens with zero attached hydrogens (tertiary/aromatic N) is 2. The normalized spacial score (nSPS) is 11.3. The molecule has 1 heterocycles. The van der Waals surface area contributed by atoms with Gasteiger partial charge < -0.3 is 10.5 Å². The molecule has 0 saturated carbocycles. The van der Waals surface area contributed by atoms with Crippen LogP contribution in [-0.2, 0) is 14.6 Å². The first-order chi connectivity index (χ1) is 9.89. The predicted molar refractivity (Wildman–Crippen MR) is 77.0 cm³/mol. The van der Waals surface area contributed by atoms with Crippen LogP contribution in [0.2, 0.25) is 0 Å². The van der Waals surface area contributed by atoms with Crippen LogP contribution >= 0.6 is 0 Å². The molecule has 0 aliphatic rings. The molecule has 1 aromatic heterocycles. The second-order valence-corrected chi connectivity index (χ2v) is 6.54. The third-order valence-corrected chi connectivity index (χ3v) is 4.71. The van der Waals surface area contributed by atoms with Gasteiger partial charge in [0, 0.05) is 0 Å². The van der Waals surface area contributed by atoms with Gasteiger partial charge in [-0.25, -0.2) is 17.9 Å². The molecule has 8 heteroatoms. The zero-order valence-electron chi connectivity index (χ0n) is 11.6. The number of hydrogen-bond acceptors (Lipinski definition) is 6. The number of hydrogen-bond donors (Lipinski definition) is 1. The number of nitrogen functional groups attached to an aromatic ring is 1. The summed E-state index contributed by atoms with van der Waals surface area (Å²) in [6.07, 6.45) is 1.47. The standard InChI is InChI=1S/C13H15N3O4S/c1-3-21(18,19)10-6-4-9(5-7-10)16-8-11(14)12(15-16)13(17)20-2/h4-8H,3,14H2,1-2H3. The summed E-state index contributed by atoms with van der Waals surface area (Å²) < 4.78 is 29.4. The molecule has 0 fully saturated rings. The third kappa shape index (κ3) is 2.89. The highest BCUT2D eigenvalue weighted by atomic mass is 32.2. The van der Waals surface area contributed by atoms with Gasteiger partial charge in [0.25, 0.3) is 0 Å². The molecule has 0 amide bonds.